The molecular formula is C16H25NO4. The quantitative estimate of drug-likeness (QED) is 0.799. The summed E-state index contributed by atoms with van der Waals surface area (Å²) in [5.41, 5.74) is 2.22. The van der Waals surface area contributed by atoms with E-state index in [9.17, 15) is 4.79 Å². The Bertz CT molecular complexity index is 485. The van der Waals surface area contributed by atoms with Crippen LogP contribution in [0.3, 0.4) is 0 Å². The summed E-state index contributed by atoms with van der Waals surface area (Å²) >= 11 is 0. The van der Waals surface area contributed by atoms with Gasteiger partial charge < -0.3 is 14.6 Å². The van der Waals surface area contributed by atoms with E-state index in [1.54, 1.807) is 14.2 Å². The SMILES string of the molecule is COc1cc(C)c(CN(CCC(=O)O)C(C)C)cc1OC. The van der Waals surface area contributed by atoms with E-state index in [4.69, 9.17) is 14.6 Å². The molecule has 21 heavy (non-hydrogen) atoms. The molecule has 0 amide bonds. The first-order valence-electron chi connectivity index (χ1n) is 7.06. The van der Waals surface area contributed by atoms with Crippen molar-refractivity contribution in [2.75, 3.05) is 20.8 Å². The lowest BCUT2D eigenvalue weighted by molar-refractivity contribution is -0.137. The van der Waals surface area contributed by atoms with Gasteiger partial charge in [0.05, 0.1) is 20.6 Å². The van der Waals surface area contributed by atoms with E-state index in [1.807, 2.05) is 19.1 Å². The van der Waals surface area contributed by atoms with E-state index < -0.39 is 5.97 Å². The zero-order valence-corrected chi connectivity index (χ0v) is 13.5. The molecule has 0 atom stereocenters. The van der Waals surface area contributed by atoms with Gasteiger partial charge in [-0.05, 0) is 44.0 Å². The lowest BCUT2D eigenvalue weighted by atomic mass is 10.1. The van der Waals surface area contributed by atoms with Crippen LogP contribution in [-0.2, 0) is 11.3 Å². The first kappa shape index (κ1) is 17.3. The highest BCUT2D eigenvalue weighted by Crippen LogP contribution is 2.31. The van der Waals surface area contributed by atoms with Crippen molar-refractivity contribution in [1.82, 2.24) is 4.90 Å². The molecule has 0 saturated heterocycles. The number of nitrogens with zero attached hydrogens (tertiary/aromatic N) is 1. The number of carboxylic acids is 1. The van der Waals surface area contributed by atoms with Crippen LogP contribution in [0, 0.1) is 6.92 Å². The molecule has 0 saturated carbocycles. The van der Waals surface area contributed by atoms with Crippen molar-refractivity contribution in [3.8, 4) is 11.5 Å². The van der Waals surface area contributed by atoms with Crippen LogP contribution in [0.5, 0.6) is 11.5 Å². The molecule has 0 fully saturated rings. The molecule has 0 aliphatic carbocycles. The van der Waals surface area contributed by atoms with Crippen LogP contribution in [0.4, 0.5) is 0 Å². The average Bonchev–Trinajstić information content (AvgIpc) is 2.43. The fourth-order valence-corrected chi connectivity index (χ4v) is 2.17. The van der Waals surface area contributed by atoms with E-state index in [2.05, 4.69) is 18.7 Å². The molecule has 1 aromatic carbocycles. The second-order valence-electron chi connectivity index (χ2n) is 5.34. The Morgan fingerprint density at radius 2 is 1.81 bits per heavy atom. The molecule has 1 N–H and O–H groups in total. The third-order valence-electron chi connectivity index (χ3n) is 3.56. The smallest absolute Gasteiger partial charge is 0.304 e. The van der Waals surface area contributed by atoms with Crippen molar-refractivity contribution in [2.24, 2.45) is 0 Å². The lowest BCUT2D eigenvalue weighted by Crippen LogP contribution is -2.32. The van der Waals surface area contributed by atoms with Gasteiger partial charge in [0.15, 0.2) is 11.5 Å². The molecule has 0 radical (unpaired) electrons. The number of aliphatic carboxylic acids is 1. The van der Waals surface area contributed by atoms with Gasteiger partial charge in [-0.3, -0.25) is 9.69 Å². The number of carboxylic acid groups (broad SMARTS) is 1. The van der Waals surface area contributed by atoms with E-state index >= 15 is 0 Å². The van der Waals surface area contributed by atoms with E-state index in [1.165, 1.54) is 0 Å². The molecule has 1 rings (SSSR count). The minimum absolute atomic E-state index is 0.143. The van der Waals surface area contributed by atoms with Gasteiger partial charge in [-0.2, -0.15) is 0 Å². The predicted molar refractivity (Wildman–Crippen MR) is 82.1 cm³/mol. The van der Waals surface area contributed by atoms with E-state index in [-0.39, 0.29) is 12.5 Å². The zero-order valence-electron chi connectivity index (χ0n) is 13.5. The Balaban J connectivity index is 2.95. The fraction of sp³-hybridized carbons (Fsp3) is 0.562. The molecule has 5 nitrogen and oxygen atoms in total. The molecule has 0 heterocycles. The Kier molecular flexibility index (Phi) is 6.49. The molecule has 0 aliphatic rings. The maximum Gasteiger partial charge on any atom is 0.304 e. The number of hydrogen-bond acceptors (Lipinski definition) is 4. The molecule has 1 aromatic rings. The minimum atomic E-state index is -0.773. The summed E-state index contributed by atoms with van der Waals surface area (Å²) < 4.78 is 10.6. The van der Waals surface area contributed by atoms with Gasteiger partial charge in [0, 0.05) is 19.1 Å². The van der Waals surface area contributed by atoms with Crippen LogP contribution in [0.25, 0.3) is 0 Å². The summed E-state index contributed by atoms with van der Waals surface area (Å²) in [4.78, 5) is 12.9. The highest BCUT2D eigenvalue weighted by atomic mass is 16.5. The van der Waals surface area contributed by atoms with Gasteiger partial charge in [0.25, 0.3) is 0 Å². The van der Waals surface area contributed by atoms with Crippen LogP contribution < -0.4 is 9.47 Å². The van der Waals surface area contributed by atoms with Crippen LogP contribution in [0.15, 0.2) is 12.1 Å². The number of aryl methyl sites for hydroxylation is 1. The fourth-order valence-electron chi connectivity index (χ4n) is 2.17. The molecule has 0 spiro atoms. The Morgan fingerprint density at radius 1 is 1.24 bits per heavy atom. The highest BCUT2D eigenvalue weighted by Gasteiger charge is 2.15. The van der Waals surface area contributed by atoms with Crippen molar-refractivity contribution in [3.05, 3.63) is 23.3 Å². The highest BCUT2D eigenvalue weighted by molar-refractivity contribution is 5.66. The summed E-state index contributed by atoms with van der Waals surface area (Å²) in [5.74, 6) is 0.630. The van der Waals surface area contributed by atoms with Crippen molar-refractivity contribution in [2.45, 2.75) is 39.8 Å². The molecular weight excluding hydrogens is 270 g/mol. The van der Waals surface area contributed by atoms with Crippen molar-refractivity contribution in [1.29, 1.82) is 0 Å². The number of carbonyl (C=O) groups is 1. The number of benzene rings is 1. The van der Waals surface area contributed by atoms with Crippen LogP contribution in [0.1, 0.15) is 31.4 Å². The predicted octanol–water partition coefficient (Wildman–Crippen LogP) is 2.70. The van der Waals surface area contributed by atoms with Crippen molar-refractivity contribution < 1.29 is 19.4 Å². The van der Waals surface area contributed by atoms with Gasteiger partial charge in [-0.15, -0.1) is 0 Å². The average molecular weight is 295 g/mol. The Labute approximate surface area is 126 Å². The third-order valence-corrected chi connectivity index (χ3v) is 3.56. The lowest BCUT2D eigenvalue weighted by Gasteiger charge is -2.27. The third kappa shape index (κ3) is 4.93. The molecule has 0 aromatic heterocycles. The van der Waals surface area contributed by atoms with Gasteiger partial charge in [0.1, 0.15) is 0 Å². The molecule has 0 unspecified atom stereocenters. The van der Waals surface area contributed by atoms with Crippen LogP contribution in [0.2, 0.25) is 0 Å². The van der Waals surface area contributed by atoms with E-state index in [0.717, 1.165) is 11.1 Å². The topological polar surface area (TPSA) is 59.0 Å². The maximum absolute atomic E-state index is 10.8. The summed E-state index contributed by atoms with van der Waals surface area (Å²) in [7, 11) is 3.23. The standard InChI is InChI=1S/C16H25NO4/c1-11(2)17(7-6-16(18)19)10-13-9-15(21-5)14(20-4)8-12(13)3/h8-9,11H,6-7,10H2,1-5H3,(H,18,19). The van der Waals surface area contributed by atoms with Gasteiger partial charge in [-0.25, -0.2) is 0 Å². The summed E-state index contributed by atoms with van der Waals surface area (Å²) in [5, 5.41) is 8.85. The van der Waals surface area contributed by atoms with Gasteiger partial charge >= 0.3 is 5.97 Å². The normalized spacial score (nSPS) is 11.0. The molecule has 5 heteroatoms. The van der Waals surface area contributed by atoms with Crippen molar-refractivity contribution in [3.63, 3.8) is 0 Å². The summed E-state index contributed by atoms with van der Waals surface area (Å²) in [6.45, 7) is 7.38. The maximum atomic E-state index is 10.8. The molecule has 118 valence electrons. The largest absolute Gasteiger partial charge is 0.493 e. The number of methoxy groups -OCH3 is 2. The number of hydrogen-bond donors (Lipinski definition) is 1. The Morgan fingerprint density at radius 3 is 2.29 bits per heavy atom. The number of ether oxygens (including phenoxy) is 2. The van der Waals surface area contributed by atoms with Gasteiger partial charge in [-0.1, -0.05) is 0 Å². The molecule has 0 bridgehead atoms. The van der Waals surface area contributed by atoms with E-state index in [0.29, 0.717) is 24.6 Å². The van der Waals surface area contributed by atoms with Crippen molar-refractivity contribution >= 4 is 5.97 Å². The summed E-state index contributed by atoms with van der Waals surface area (Å²) in [6.07, 6.45) is 0.143. The molecule has 0 aliphatic heterocycles. The van der Waals surface area contributed by atoms with Crippen LogP contribution >= 0.6 is 0 Å². The Hall–Kier alpha value is -1.75. The monoisotopic (exact) mass is 295 g/mol. The first-order chi connectivity index (χ1) is 9.88. The zero-order chi connectivity index (χ0) is 16.0. The first-order valence-corrected chi connectivity index (χ1v) is 7.06. The summed E-state index contributed by atoms with van der Waals surface area (Å²) in [6, 6.07) is 4.19. The number of rotatable bonds is 8. The van der Waals surface area contributed by atoms with Crippen LogP contribution in [-0.4, -0.2) is 42.8 Å². The second kappa shape index (κ2) is 7.88. The van der Waals surface area contributed by atoms with Gasteiger partial charge in [0.2, 0.25) is 0 Å². The minimum Gasteiger partial charge on any atom is -0.493 e. The second-order valence-corrected chi connectivity index (χ2v) is 5.34.